The van der Waals surface area contributed by atoms with Gasteiger partial charge in [-0.25, -0.2) is 0 Å². The van der Waals surface area contributed by atoms with E-state index in [1.165, 1.54) is 0 Å². The molecular weight excluding hydrogens is 412 g/mol. The second-order valence-corrected chi connectivity index (χ2v) is 8.65. The Kier molecular flexibility index (Phi) is 8.87. The van der Waals surface area contributed by atoms with Crippen LogP contribution in [0.2, 0.25) is 0 Å². The maximum absolute atomic E-state index is 13.3. The van der Waals surface area contributed by atoms with Gasteiger partial charge in [0, 0.05) is 18.5 Å². The van der Waals surface area contributed by atoms with Crippen molar-refractivity contribution in [2.45, 2.75) is 39.7 Å². The highest BCUT2D eigenvalue weighted by Gasteiger charge is 2.28. The molecule has 33 heavy (non-hydrogen) atoms. The topological polar surface area (TPSA) is 58.6 Å². The molecule has 174 valence electrons. The van der Waals surface area contributed by atoms with Crippen LogP contribution in [0.25, 0.3) is 10.8 Å². The fraction of sp³-hybridized carbons (Fsp3) is 0.357. The van der Waals surface area contributed by atoms with E-state index in [0.717, 1.165) is 16.3 Å². The number of fused-ring (bicyclic) bond motifs is 1. The predicted molar refractivity (Wildman–Crippen MR) is 133 cm³/mol. The Morgan fingerprint density at radius 1 is 0.939 bits per heavy atom. The van der Waals surface area contributed by atoms with Gasteiger partial charge >= 0.3 is 0 Å². The number of nitrogens with zero attached hydrogens (tertiary/aromatic N) is 1. The minimum absolute atomic E-state index is 0.113. The van der Waals surface area contributed by atoms with Crippen molar-refractivity contribution >= 4 is 22.6 Å². The van der Waals surface area contributed by atoms with Crippen LogP contribution in [0.5, 0.6) is 5.75 Å². The summed E-state index contributed by atoms with van der Waals surface area (Å²) >= 11 is 0. The number of carbonyl (C=O) groups is 2. The van der Waals surface area contributed by atoms with Crippen LogP contribution in [-0.2, 0) is 16.0 Å². The maximum Gasteiger partial charge on any atom is 0.261 e. The molecule has 0 aliphatic heterocycles. The first-order chi connectivity index (χ1) is 16.0. The van der Waals surface area contributed by atoms with E-state index in [2.05, 4.69) is 19.2 Å². The molecule has 0 saturated heterocycles. The Morgan fingerprint density at radius 2 is 1.64 bits per heavy atom. The first kappa shape index (κ1) is 24.3. The van der Waals surface area contributed by atoms with Crippen molar-refractivity contribution in [3.05, 3.63) is 78.4 Å². The van der Waals surface area contributed by atoms with E-state index >= 15 is 0 Å². The lowest BCUT2D eigenvalue weighted by Crippen LogP contribution is -2.51. The molecule has 1 N–H and O–H groups in total. The van der Waals surface area contributed by atoms with Crippen LogP contribution in [0.15, 0.2) is 72.8 Å². The van der Waals surface area contributed by atoms with Crippen LogP contribution in [-0.4, -0.2) is 42.5 Å². The Labute approximate surface area is 196 Å². The van der Waals surface area contributed by atoms with Gasteiger partial charge in [-0.1, -0.05) is 87.5 Å². The minimum Gasteiger partial charge on any atom is -0.483 e. The van der Waals surface area contributed by atoms with Crippen LogP contribution >= 0.6 is 0 Å². The molecule has 5 nitrogen and oxygen atoms in total. The average Bonchev–Trinajstić information content (AvgIpc) is 2.84. The second-order valence-electron chi connectivity index (χ2n) is 8.65. The van der Waals surface area contributed by atoms with Crippen LogP contribution in [0.3, 0.4) is 0 Å². The summed E-state index contributed by atoms with van der Waals surface area (Å²) in [6, 6.07) is 23.2. The molecule has 2 amide bonds. The number of carbonyl (C=O) groups excluding carboxylic acids is 2. The lowest BCUT2D eigenvalue weighted by atomic mass is 10.1. The van der Waals surface area contributed by atoms with Crippen molar-refractivity contribution in [3.63, 3.8) is 0 Å². The third-order valence-corrected chi connectivity index (χ3v) is 5.66. The van der Waals surface area contributed by atoms with E-state index in [4.69, 9.17) is 4.74 Å². The third-order valence-electron chi connectivity index (χ3n) is 5.66. The zero-order valence-electron chi connectivity index (χ0n) is 19.8. The molecule has 0 bridgehead atoms. The number of hydrogen-bond donors (Lipinski definition) is 1. The van der Waals surface area contributed by atoms with Gasteiger partial charge in [0.15, 0.2) is 6.61 Å². The molecule has 0 aliphatic carbocycles. The molecule has 0 saturated carbocycles. The van der Waals surface area contributed by atoms with Crippen molar-refractivity contribution in [1.82, 2.24) is 10.2 Å². The molecule has 0 fully saturated rings. The molecule has 0 radical (unpaired) electrons. The summed E-state index contributed by atoms with van der Waals surface area (Å²) in [6.07, 6.45) is 1.22. The van der Waals surface area contributed by atoms with Gasteiger partial charge in [-0.15, -0.1) is 0 Å². The quantitative estimate of drug-likeness (QED) is 0.458. The second kappa shape index (κ2) is 12.0. The molecule has 5 heteroatoms. The Morgan fingerprint density at radius 3 is 2.36 bits per heavy atom. The van der Waals surface area contributed by atoms with E-state index in [1.54, 1.807) is 4.90 Å². The highest BCUT2D eigenvalue weighted by molar-refractivity contribution is 5.90. The molecule has 3 aromatic carbocycles. The SMILES string of the molecule is CCC(C(=O)NCC(C)C)N(CCc1ccccc1)C(=O)COc1cccc2ccccc12. The number of nitrogens with one attached hydrogen (secondary N) is 1. The number of hydrogen-bond acceptors (Lipinski definition) is 3. The Hall–Kier alpha value is -3.34. The van der Waals surface area contributed by atoms with Crippen LogP contribution < -0.4 is 10.1 Å². The van der Waals surface area contributed by atoms with Gasteiger partial charge in [-0.2, -0.15) is 0 Å². The third kappa shape index (κ3) is 6.82. The summed E-state index contributed by atoms with van der Waals surface area (Å²) in [4.78, 5) is 28.0. The van der Waals surface area contributed by atoms with Gasteiger partial charge in [-0.3, -0.25) is 9.59 Å². The van der Waals surface area contributed by atoms with Crippen molar-refractivity contribution in [2.75, 3.05) is 19.7 Å². The normalized spacial score (nSPS) is 11.9. The smallest absolute Gasteiger partial charge is 0.261 e. The van der Waals surface area contributed by atoms with E-state index in [9.17, 15) is 9.59 Å². The molecule has 0 aliphatic rings. The zero-order valence-corrected chi connectivity index (χ0v) is 19.8. The van der Waals surface area contributed by atoms with Gasteiger partial charge in [0.05, 0.1) is 0 Å². The number of ether oxygens (including phenoxy) is 1. The molecule has 0 spiro atoms. The van der Waals surface area contributed by atoms with Gasteiger partial charge in [-0.05, 0) is 35.8 Å². The predicted octanol–water partition coefficient (Wildman–Crippen LogP) is 4.84. The maximum atomic E-state index is 13.3. The Balaban J connectivity index is 1.75. The Bertz CT molecular complexity index is 1040. The fourth-order valence-electron chi connectivity index (χ4n) is 3.86. The molecule has 0 heterocycles. The van der Waals surface area contributed by atoms with Gasteiger partial charge in [0.1, 0.15) is 11.8 Å². The number of amides is 2. The first-order valence-corrected chi connectivity index (χ1v) is 11.7. The average molecular weight is 447 g/mol. The van der Waals surface area contributed by atoms with E-state index < -0.39 is 6.04 Å². The monoisotopic (exact) mass is 446 g/mol. The van der Waals surface area contributed by atoms with Crippen LogP contribution in [0, 0.1) is 5.92 Å². The van der Waals surface area contributed by atoms with Crippen molar-refractivity contribution in [2.24, 2.45) is 5.92 Å². The summed E-state index contributed by atoms with van der Waals surface area (Å²) in [5, 5.41) is 5.01. The van der Waals surface area contributed by atoms with E-state index in [-0.39, 0.29) is 18.4 Å². The fourth-order valence-corrected chi connectivity index (χ4v) is 3.86. The molecule has 0 aromatic heterocycles. The van der Waals surface area contributed by atoms with Crippen LogP contribution in [0.1, 0.15) is 32.8 Å². The number of benzene rings is 3. The molecule has 1 atom stereocenters. The molecule has 1 unspecified atom stereocenters. The van der Waals surface area contributed by atoms with Crippen molar-refractivity contribution < 1.29 is 14.3 Å². The van der Waals surface area contributed by atoms with E-state index in [1.807, 2.05) is 79.7 Å². The largest absolute Gasteiger partial charge is 0.483 e. The first-order valence-electron chi connectivity index (χ1n) is 11.7. The van der Waals surface area contributed by atoms with Gasteiger partial charge in [0.25, 0.3) is 5.91 Å². The van der Waals surface area contributed by atoms with Gasteiger partial charge in [0.2, 0.25) is 5.91 Å². The summed E-state index contributed by atoms with van der Waals surface area (Å²) in [5.74, 6) is 0.708. The molecule has 3 rings (SSSR count). The lowest BCUT2D eigenvalue weighted by molar-refractivity contribution is -0.142. The molecule has 3 aromatic rings. The highest BCUT2D eigenvalue weighted by atomic mass is 16.5. The van der Waals surface area contributed by atoms with Crippen molar-refractivity contribution in [1.29, 1.82) is 0 Å². The summed E-state index contributed by atoms with van der Waals surface area (Å²) in [5.41, 5.74) is 1.13. The lowest BCUT2D eigenvalue weighted by Gasteiger charge is -2.31. The van der Waals surface area contributed by atoms with Crippen LogP contribution in [0.4, 0.5) is 0 Å². The standard InChI is InChI=1S/C28H34N2O3/c1-4-25(28(32)29-19-21(2)3)30(18-17-22-11-6-5-7-12-22)27(31)20-33-26-16-10-14-23-13-8-9-15-24(23)26/h5-16,21,25H,4,17-20H2,1-3H3,(H,29,32). The van der Waals surface area contributed by atoms with Crippen molar-refractivity contribution in [3.8, 4) is 5.75 Å². The summed E-state index contributed by atoms with van der Waals surface area (Å²) < 4.78 is 5.96. The number of rotatable bonds is 11. The summed E-state index contributed by atoms with van der Waals surface area (Å²) in [6.45, 7) is 6.97. The summed E-state index contributed by atoms with van der Waals surface area (Å²) in [7, 11) is 0. The van der Waals surface area contributed by atoms with E-state index in [0.29, 0.717) is 37.6 Å². The zero-order chi connectivity index (χ0) is 23.6. The highest BCUT2D eigenvalue weighted by Crippen LogP contribution is 2.25. The van der Waals surface area contributed by atoms with Gasteiger partial charge < -0.3 is 15.0 Å². The molecular formula is C28H34N2O3. The minimum atomic E-state index is -0.531.